The summed E-state index contributed by atoms with van der Waals surface area (Å²) in [5.41, 5.74) is 1.22. The fourth-order valence-electron chi connectivity index (χ4n) is 6.82. The lowest BCUT2D eigenvalue weighted by molar-refractivity contribution is -0.166. The first-order chi connectivity index (χ1) is 25.4. The third-order valence-corrected chi connectivity index (χ3v) is 9.58. The van der Waals surface area contributed by atoms with Crippen molar-refractivity contribution < 1.29 is 34.0 Å². The van der Waals surface area contributed by atoms with Crippen LogP contribution in [0.2, 0.25) is 0 Å². The molecular formula is C40H39N5O7. The van der Waals surface area contributed by atoms with Crippen LogP contribution in [0.5, 0.6) is 11.5 Å². The van der Waals surface area contributed by atoms with E-state index >= 15 is 0 Å². The molecule has 1 amide bonds. The van der Waals surface area contributed by atoms with Crippen LogP contribution in [-0.4, -0.2) is 74.8 Å². The monoisotopic (exact) mass is 701 g/mol. The summed E-state index contributed by atoms with van der Waals surface area (Å²) >= 11 is 0. The van der Waals surface area contributed by atoms with E-state index in [0.717, 1.165) is 16.7 Å². The summed E-state index contributed by atoms with van der Waals surface area (Å²) < 4.78 is 26.5. The number of fused-ring (bicyclic) bond motifs is 1. The summed E-state index contributed by atoms with van der Waals surface area (Å²) in [6, 6.07) is 34.0. The van der Waals surface area contributed by atoms with Crippen molar-refractivity contribution in [3.63, 3.8) is 0 Å². The van der Waals surface area contributed by atoms with Crippen LogP contribution in [0.15, 0.2) is 122 Å². The summed E-state index contributed by atoms with van der Waals surface area (Å²) in [6.45, 7) is -0.364. The number of benzene rings is 4. The maximum Gasteiger partial charge on any atom is 0.256 e. The van der Waals surface area contributed by atoms with Gasteiger partial charge in [0, 0.05) is 25.0 Å². The molecule has 4 aromatic carbocycles. The summed E-state index contributed by atoms with van der Waals surface area (Å²) in [7, 11) is 3.23. The molecule has 266 valence electrons. The van der Waals surface area contributed by atoms with Gasteiger partial charge in [-0.05, 0) is 53.1 Å². The van der Waals surface area contributed by atoms with Crippen LogP contribution in [0.1, 0.15) is 46.1 Å². The van der Waals surface area contributed by atoms with Gasteiger partial charge >= 0.3 is 0 Å². The summed E-state index contributed by atoms with van der Waals surface area (Å²) in [5, 5.41) is 25.0. The van der Waals surface area contributed by atoms with Crippen molar-refractivity contribution in [1.29, 1.82) is 0 Å². The number of aromatic nitrogens is 4. The minimum absolute atomic E-state index is 0.0841. The van der Waals surface area contributed by atoms with Gasteiger partial charge in [-0.1, -0.05) is 72.8 Å². The molecule has 0 spiro atoms. The van der Waals surface area contributed by atoms with Gasteiger partial charge in [-0.2, -0.15) is 0 Å². The van der Waals surface area contributed by atoms with Crippen molar-refractivity contribution in [2.45, 2.75) is 36.4 Å². The average molecular weight is 702 g/mol. The van der Waals surface area contributed by atoms with Gasteiger partial charge in [0.05, 0.1) is 33.3 Å². The Kier molecular flexibility index (Phi) is 9.97. The molecular weight excluding hydrogens is 662 g/mol. The molecule has 12 nitrogen and oxygen atoms in total. The molecule has 1 fully saturated rings. The molecule has 0 unspecified atom stereocenters. The fourth-order valence-corrected chi connectivity index (χ4v) is 6.82. The van der Waals surface area contributed by atoms with Crippen LogP contribution in [0.25, 0.3) is 11.2 Å². The number of hydrogen-bond donors (Lipinski definition) is 3. The van der Waals surface area contributed by atoms with Gasteiger partial charge in [0.2, 0.25) is 0 Å². The van der Waals surface area contributed by atoms with E-state index in [2.05, 4.69) is 20.3 Å². The van der Waals surface area contributed by atoms with Crippen molar-refractivity contribution in [2.24, 2.45) is 0 Å². The zero-order valence-corrected chi connectivity index (χ0v) is 28.8. The lowest BCUT2D eigenvalue weighted by Gasteiger charge is -2.40. The molecule has 3 heterocycles. The Morgan fingerprint density at radius 2 is 1.46 bits per heavy atom. The number of nitrogens with zero attached hydrogens (tertiary/aromatic N) is 4. The molecule has 3 N–H and O–H groups in total. The predicted molar refractivity (Wildman–Crippen MR) is 193 cm³/mol. The van der Waals surface area contributed by atoms with Gasteiger partial charge < -0.3 is 34.5 Å². The number of imidazole rings is 1. The predicted octanol–water partition coefficient (Wildman–Crippen LogP) is 5.51. The molecule has 7 rings (SSSR count). The Morgan fingerprint density at radius 3 is 2.06 bits per heavy atom. The van der Waals surface area contributed by atoms with Crippen LogP contribution in [-0.2, 0) is 15.1 Å². The summed E-state index contributed by atoms with van der Waals surface area (Å²) in [5.74, 6) is 1.28. The van der Waals surface area contributed by atoms with Gasteiger partial charge in [-0.15, -0.1) is 0 Å². The van der Waals surface area contributed by atoms with Gasteiger partial charge in [0.15, 0.2) is 17.0 Å². The number of anilines is 1. The van der Waals surface area contributed by atoms with E-state index in [4.69, 9.17) is 18.9 Å². The molecule has 0 saturated carbocycles. The van der Waals surface area contributed by atoms with Gasteiger partial charge in [0.25, 0.3) is 5.91 Å². The van der Waals surface area contributed by atoms with Crippen LogP contribution >= 0.6 is 0 Å². The zero-order valence-electron chi connectivity index (χ0n) is 28.8. The molecule has 0 aliphatic carbocycles. The number of nitrogens with one attached hydrogen (secondary N) is 1. The van der Waals surface area contributed by atoms with Crippen LogP contribution in [0, 0.1) is 0 Å². The molecule has 3 atom stereocenters. The highest BCUT2D eigenvalue weighted by molar-refractivity contribution is 6.06. The van der Waals surface area contributed by atoms with Crippen LogP contribution in [0.4, 0.5) is 5.82 Å². The van der Waals surface area contributed by atoms with Gasteiger partial charge in [0.1, 0.15) is 35.3 Å². The first-order valence-corrected chi connectivity index (χ1v) is 16.9. The number of carbonyl (C=O) groups excluding carboxylic acids is 1. The second kappa shape index (κ2) is 14.9. The number of methoxy groups -OCH3 is 2. The smallest absolute Gasteiger partial charge is 0.256 e. The summed E-state index contributed by atoms with van der Waals surface area (Å²) in [4.78, 5) is 26.2. The average Bonchev–Trinajstić information content (AvgIpc) is 3.78. The lowest BCUT2D eigenvalue weighted by Crippen LogP contribution is -2.48. The molecule has 1 saturated heterocycles. The minimum atomic E-state index is -1.33. The first-order valence-electron chi connectivity index (χ1n) is 16.9. The quantitative estimate of drug-likeness (QED) is 0.132. The normalized spacial score (nSPS) is 18.7. The number of aliphatic hydroxyl groups excluding tert-OH is 2. The number of amides is 1. The van der Waals surface area contributed by atoms with Crippen molar-refractivity contribution >= 4 is 22.9 Å². The van der Waals surface area contributed by atoms with E-state index in [1.807, 2.05) is 84.9 Å². The number of aliphatic hydroxyl groups is 2. The summed E-state index contributed by atoms with van der Waals surface area (Å²) in [6.07, 6.45) is 1.37. The molecule has 1 aliphatic rings. The topological polar surface area (TPSA) is 150 Å². The van der Waals surface area contributed by atoms with Crippen LogP contribution in [0.3, 0.4) is 0 Å². The van der Waals surface area contributed by atoms with Gasteiger partial charge in [-0.25, -0.2) is 15.0 Å². The van der Waals surface area contributed by atoms with Gasteiger partial charge in [-0.3, -0.25) is 9.36 Å². The van der Waals surface area contributed by atoms with Crippen molar-refractivity contribution in [3.05, 3.63) is 144 Å². The first kappa shape index (κ1) is 34.8. The second-order valence-electron chi connectivity index (χ2n) is 12.5. The highest BCUT2D eigenvalue weighted by Gasteiger charge is 2.51. The van der Waals surface area contributed by atoms with E-state index in [1.165, 1.54) is 6.33 Å². The molecule has 0 bridgehead atoms. The molecule has 2 aromatic heterocycles. The van der Waals surface area contributed by atoms with E-state index in [9.17, 15) is 15.0 Å². The van der Waals surface area contributed by atoms with Crippen molar-refractivity contribution in [3.8, 4) is 11.5 Å². The Balaban J connectivity index is 1.24. The van der Waals surface area contributed by atoms with E-state index in [1.54, 1.807) is 49.4 Å². The molecule has 12 heteroatoms. The molecule has 52 heavy (non-hydrogen) atoms. The molecule has 1 aliphatic heterocycles. The minimum Gasteiger partial charge on any atom is -0.497 e. The largest absolute Gasteiger partial charge is 0.497 e. The fraction of sp³-hybridized carbons (Fsp3) is 0.250. The Hall–Kier alpha value is -5.66. The SMILES string of the molecule is COc1ccc(C(OC[C@@]2(CCO)O[C@@H](n3cnc4c(NC(=O)c5ccccc5)ncnc43)C[C@@H]2O)(c2ccccc2)c2ccc(OC)cc2)cc1. The van der Waals surface area contributed by atoms with Crippen LogP contribution < -0.4 is 14.8 Å². The third-order valence-electron chi connectivity index (χ3n) is 9.58. The Bertz CT molecular complexity index is 2060. The number of hydrogen-bond acceptors (Lipinski definition) is 10. The Morgan fingerprint density at radius 1 is 0.865 bits per heavy atom. The molecule has 0 radical (unpaired) electrons. The van der Waals surface area contributed by atoms with Crippen molar-refractivity contribution in [1.82, 2.24) is 19.5 Å². The lowest BCUT2D eigenvalue weighted by atomic mass is 9.79. The highest BCUT2D eigenvalue weighted by atomic mass is 16.6. The van der Waals surface area contributed by atoms with E-state index < -0.39 is 23.5 Å². The van der Waals surface area contributed by atoms with E-state index in [0.29, 0.717) is 28.2 Å². The zero-order chi connectivity index (χ0) is 36.1. The standard InChI is InChI=1S/C40H39N5O7/c1-49-31-17-13-29(14-18-31)40(28-11-7-4-8-12-28,30-15-19-32(50-2)20-16-30)51-24-39(21-22-46)33(47)23-34(52-39)45-26-43-35-36(41-25-42-37(35)45)44-38(48)27-9-5-3-6-10-27/h3-20,25-26,33-34,46-47H,21-24H2,1-2H3,(H,41,42,44,48)/t33-,34+,39+/m0/s1. The third kappa shape index (κ3) is 6.48. The maximum atomic E-state index is 12.9. The number of carbonyl (C=O) groups is 1. The van der Waals surface area contributed by atoms with Crippen molar-refractivity contribution in [2.75, 3.05) is 32.8 Å². The Labute approximate surface area is 300 Å². The number of rotatable bonds is 13. The highest BCUT2D eigenvalue weighted by Crippen LogP contribution is 2.46. The maximum absolute atomic E-state index is 12.9. The number of ether oxygens (including phenoxy) is 4. The second-order valence-corrected chi connectivity index (χ2v) is 12.5. The molecule has 6 aromatic rings. The van der Waals surface area contributed by atoms with E-state index in [-0.39, 0.29) is 37.8 Å².